The molecule has 10 heteroatoms. The lowest BCUT2D eigenvalue weighted by atomic mass is 10.2. The van der Waals surface area contributed by atoms with Gasteiger partial charge in [0, 0.05) is 21.2 Å². The average Bonchev–Trinajstić information content (AvgIpc) is 3.19. The zero-order valence-corrected chi connectivity index (χ0v) is 17.5. The Balaban J connectivity index is 1.82. The van der Waals surface area contributed by atoms with Crippen LogP contribution in [0.15, 0.2) is 46.0 Å². The summed E-state index contributed by atoms with van der Waals surface area (Å²) < 4.78 is 8.39. The Morgan fingerprint density at radius 2 is 1.87 bits per heavy atom. The Morgan fingerprint density at radius 1 is 1.10 bits per heavy atom. The van der Waals surface area contributed by atoms with Crippen LogP contribution in [0, 0.1) is 0 Å². The van der Waals surface area contributed by atoms with E-state index in [1.165, 1.54) is 47.0 Å². The van der Waals surface area contributed by atoms with Gasteiger partial charge in [-0.3, -0.25) is 23.6 Å². The molecule has 0 spiro atoms. The Morgan fingerprint density at radius 3 is 2.60 bits per heavy atom. The first kappa shape index (κ1) is 19.9. The van der Waals surface area contributed by atoms with Gasteiger partial charge in [0.05, 0.1) is 28.8 Å². The van der Waals surface area contributed by atoms with E-state index in [1.54, 1.807) is 7.11 Å². The molecule has 1 aromatic carbocycles. The third-order valence-corrected chi connectivity index (χ3v) is 5.86. The predicted molar refractivity (Wildman–Crippen MR) is 115 cm³/mol. The van der Waals surface area contributed by atoms with Crippen molar-refractivity contribution < 1.29 is 9.53 Å². The van der Waals surface area contributed by atoms with Crippen molar-refractivity contribution in [3.63, 3.8) is 0 Å². The molecule has 3 aromatic heterocycles. The minimum Gasteiger partial charge on any atom is -0.383 e. The van der Waals surface area contributed by atoms with Crippen LogP contribution in [0.3, 0.4) is 0 Å². The average molecular weight is 425 g/mol. The molecule has 9 nitrogen and oxygen atoms in total. The van der Waals surface area contributed by atoms with E-state index in [2.05, 4.69) is 9.97 Å². The lowest BCUT2D eigenvalue weighted by Gasteiger charge is -2.19. The molecule has 0 radical (unpaired) electrons. The van der Waals surface area contributed by atoms with Gasteiger partial charge in [-0.15, -0.1) is 0 Å². The molecule has 0 unspecified atom stereocenters. The van der Waals surface area contributed by atoms with Crippen LogP contribution in [0.2, 0.25) is 0 Å². The van der Waals surface area contributed by atoms with Crippen LogP contribution in [-0.2, 0) is 18.8 Å². The Hall–Kier alpha value is -3.37. The summed E-state index contributed by atoms with van der Waals surface area (Å²) in [5.74, 6) is -0.388. The first-order valence-electron chi connectivity index (χ1n) is 9.15. The van der Waals surface area contributed by atoms with Crippen LogP contribution in [0.4, 0.5) is 5.13 Å². The number of rotatable bonds is 5. The van der Waals surface area contributed by atoms with Gasteiger partial charge in [-0.2, -0.15) is 0 Å². The summed E-state index contributed by atoms with van der Waals surface area (Å²) >= 11 is 1.39. The SMILES string of the molecule is COCCN(C(=O)c1ccc2c(=O)n(C)c(=O)n(C)c2n1)c1nc2ccccc2s1. The van der Waals surface area contributed by atoms with Gasteiger partial charge in [0.15, 0.2) is 5.13 Å². The smallest absolute Gasteiger partial charge is 0.332 e. The third-order valence-electron chi connectivity index (χ3n) is 4.80. The lowest BCUT2D eigenvalue weighted by molar-refractivity contribution is 0.0971. The van der Waals surface area contributed by atoms with Crippen molar-refractivity contribution in [1.82, 2.24) is 19.1 Å². The quantitative estimate of drug-likeness (QED) is 0.481. The molecular formula is C20H19N5O4S. The molecule has 154 valence electrons. The number of para-hydroxylation sites is 1. The van der Waals surface area contributed by atoms with Crippen molar-refractivity contribution in [2.75, 3.05) is 25.2 Å². The zero-order valence-electron chi connectivity index (χ0n) is 16.7. The summed E-state index contributed by atoms with van der Waals surface area (Å²) in [6.45, 7) is 0.596. The van der Waals surface area contributed by atoms with Crippen molar-refractivity contribution in [3.8, 4) is 0 Å². The van der Waals surface area contributed by atoms with E-state index < -0.39 is 11.2 Å². The summed E-state index contributed by atoms with van der Waals surface area (Å²) in [7, 11) is 4.48. The number of aromatic nitrogens is 4. The van der Waals surface area contributed by atoms with Crippen molar-refractivity contribution in [2.24, 2.45) is 14.1 Å². The van der Waals surface area contributed by atoms with E-state index in [0.717, 1.165) is 14.8 Å². The number of nitrogens with zero attached hydrogens (tertiary/aromatic N) is 5. The first-order chi connectivity index (χ1) is 14.4. The van der Waals surface area contributed by atoms with Crippen molar-refractivity contribution >= 4 is 43.6 Å². The summed E-state index contributed by atoms with van der Waals surface area (Å²) in [5, 5.41) is 0.789. The summed E-state index contributed by atoms with van der Waals surface area (Å²) in [5.41, 5.74) is 0.102. The maximum absolute atomic E-state index is 13.3. The minimum absolute atomic E-state index is 0.112. The standard InChI is InChI=1S/C20H19N5O4S/c1-23-16-12(17(26)24(2)20(23)28)8-9-14(21-16)18(27)25(10-11-29-3)19-22-13-6-4-5-7-15(13)30-19/h4-9H,10-11H2,1-3H3. The van der Waals surface area contributed by atoms with Crippen molar-refractivity contribution in [3.05, 3.63) is 62.9 Å². The molecule has 0 saturated heterocycles. The van der Waals surface area contributed by atoms with Gasteiger partial charge in [0.1, 0.15) is 11.3 Å². The van der Waals surface area contributed by atoms with Gasteiger partial charge in [0.25, 0.3) is 11.5 Å². The molecule has 1 amide bonds. The van der Waals surface area contributed by atoms with E-state index in [1.807, 2.05) is 24.3 Å². The van der Waals surface area contributed by atoms with Crippen LogP contribution in [0.1, 0.15) is 10.5 Å². The van der Waals surface area contributed by atoms with Gasteiger partial charge in [-0.25, -0.2) is 14.8 Å². The van der Waals surface area contributed by atoms with Gasteiger partial charge in [0.2, 0.25) is 0 Å². The van der Waals surface area contributed by atoms with Gasteiger partial charge >= 0.3 is 5.69 Å². The van der Waals surface area contributed by atoms with Crippen LogP contribution < -0.4 is 16.1 Å². The third kappa shape index (κ3) is 3.29. The Kier molecular flexibility index (Phi) is 5.18. The summed E-state index contributed by atoms with van der Waals surface area (Å²) in [6.07, 6.45) is 0. The number of carbonyl (C=O) groups is 1. The fourth-order valence-electron chi connectivity index (χ4n) is 3.15. The molecule has 0 fully saturated rings. The number of thiazole rings is 1. The van der Waals surface area contributed by atoms with Crippen LogP contribution in [0.25, 0.3) is 21.3 Å². The second kappa shape index (κ2) is 7.81. The fraction of sp³-hybridized carbons (Fsp3) is 0.250. The number of amides is 1. The first-order valence-corrected chi connectivity index (χ1v) is 9.97. The lowest BCUT2D eigenvalue weighted by Crippen LogP contribution is -2.38. The zero-order chi connectivity index (χ0) is 21.4. The number of fused-ring (bicyclic) bond motifs is 2. The summed E-state index contributed by atoms with van der Waals surface area (Å²) in [6, 6.07) is 10.6. The highest BCUT2D eigenvalue weighted by atomic mass is 32.1. The van der Waals surface area contributed by atoms with Gasteiger partial charge in [-0.1, -0.05) is 23.5 Å². The van der Waals surface area contributed by atoms with E-state index in [-0.39, 0.29) is 29.2 Å². The number of ether oxygens (including phenoxy) is 1. The normalized spacial score (nSPS) is 11.3. The molecule has 0 saturated carbocycles. The number of pyridine rings is 1. The van der Waals surface area contributed by atoms with Crippen LogP contribution in [0.5, 0.6) is 0 Å². The van der Waals surface area contributed by atoms with Crippen molar-refractivity contribution in [2.45, 2.75) is 0 Å². The highest BCUT2D eigenvalue weighted by Crippen LogP contribution is 2.29. The largest absolute Gasteiger partial charge is 0.383 e. The number of hydrogen-bond donors (Lipinski definition) is 0. The topological polar surface area (TPSA) is 99.3 Å². The van der Waals surface area contributed by atoms with Crippen molar-refractivity contribution in [1.29, 1.82) is 0 Å². The number of aryl methyl sites for hydroxylation is 1. The number of carbonyl (C=O) groups excluding carboxylic acids is 1. The minimum atomic E-state index is -0.507. The van der Waals surface area contributed by atoms with E-state index in [9.17, 15) is 14.4 Å². The second-order valence-electron chi connectivity index (χ2n) is 6.69. The van der Waals surface area contributed by atoms with E-state index in [4.69, 9.17) is 4.74 Å². The highest BCUT2D eigenvalue weighted by molar-refractivity contribution is 7.22. The number of methoxy groups -OCH3 is 1. The number of benzene rings is 1. The Labute approximate surface area is 174 Å². The molecule has 0 bridgehead atoms. The monoisotopic (exact) mass is 425 g/mol. The van der Waals surface area contributed by atoms with E-state index in [0.29, 0.717) is 11.7 Å². The van der Waals surface area contributed by atoms with Crippen LogP contribution >= 0.6 is 11.3 Å². The molecule has 4 rings (SSSR count). The van der Waals surface area contributed by atoms with Crippen LogP contribution in [-0.4, -0.2) is 45.3 Å². The second-order valence-corrected chi connectivity index (χ2v) is 7.70. The Bertz CT molecular complexity index is 1350. The molecule has 0 atom stereocenters. The number of anilines is 1. The molecule has 3 heterocycles. The maximum atomic E-state index is 13.3. The predicted octanol–water partition coefficient (Wildman–Crippen LogP) is 1.54. The van der Waals surface area contributed by atoms with E-state index >= 15 is 0 Å². The fourth-order valence-corrected chi connectivity index (χ4v) is 4.14. The summed E-state index contributed by atoms with van der Waals surface area (Å²) in [4.78, 5) is 48.3. The molecule has 0 aliphatic heterocycles. The number of hydrogen-bond acceptors (Lipinski definition) is 7. The molecule has 4 aromatic rings. The molecule has 0 aliphatic rings. The maximum Gasteiger partial charge on any atom is 0.332 e. The molecular weight excluding hydrogens is 406 g/mol. The van der Waals surface area contributed by atoms with Gasteiger partial charge in [-0.05, 0) is 24.3 Å². The molecule has 0 aliphatic carbocycles. The molecule has 30 heavy (non-hydrogen) atoms. The molecule has 0 N–H and O–H groups in total. The van der Waals surface area contributed by atoms with Gasteiger partial charge < -0.3 is 4.74 Å². The highest BCUT2D eigenvalue weighted by Gasteiger charge is 2.23.